The SMILES string of the molecule is CC[C@H](C)[C@H](C[C@H](O)CC(=O)O[C@@H]1C[C@@H](O[C@@H]2O[C@@H](C)[C@H](O[C@@H]3OC[C@@H](O)[C@H](OC4=C(O)[C@@](O)(CO)CO4)[C@H]3O)[C@@H](O[C@@H]3O[C@H](CO)[C@@H](O)[C@H](O)[C@H]3O)[C@H]2O)[C@H](OC(=O)[C@]23CCC(C)(C)C[C@H]2C2=CC[C@@H]4[C@@]5(C)CC[C@H](O[C@@H]6O[C@H](C(=O)O)[C@@H](O)[C@H](O[C@@H]7O[C@@H](C)[C@H](O)[C@@H](CO)[C@H]7O)[C@H]6O[C@@H]6O[C@H](CO)[C@H](O)[C@H](O)[C@H]6O)[C@@](C)(C=O)[C@@H]5CC[C@@]4(C)[C@]2(C)CC3)O[C@@H]1C)OC(=O)C[C@@H](O)C[C@H](O[C@@H]1O[C@@H](CO)[C@H](O)[C@H]1O)[C@@H](C)CC. The van der Waals surface area contributed by atoms with Crippen LogP contribution < -0.4 is 0 Å². The highest BCUT2D eigenvalue weighted by Gasteiger charge is 2.72. The molecule has 0 unspecified atom stereocenters. The summed E-state index contributed by atoms with van der Waals surface area (Å²) in [5, 5.41) is 265. The Morgan fingerprint density at radius 3 is 1.64 bits per heavy atom. The smallest absolute Gasteiger partial charge is 0.335 e. The number of carbonyl (C=O) groups is 5. The van der Waals surface area contributed by atoms with Gasteiger partial charge in [0.15, 0.2) is 61.8 Å². The van der Waals surface area contributed by atoms with Crippen molar-refractivity contribution in [1.82, 2.24) is 0 Å². The number of aliphatic hydroxyl groups excluding tert-OH is 22. The Kier molecular flexibility index (Phi) is 38.5. The molecule has 49 heteroatoms. The summed E-state index contributed by atoms with van der Waals surface area (Å²) in [6.07, 6.45) is -65.4. The monoisotopic (exact) mass is 2150 g/mol. The van der Waals surface area contributed by atoms with Gasteiger partial charge in [-0.15, -0.1) is 0 Å². The first kappa shape index (κ1) is 119. The lowest BCUT2D eigenvalue weighted by atomic mass is 9.33. The summed E-state index contributed by atoms with van der Waals surface area (Å²) >= 11 is 0. The molecule has 5 aliphatic carbocycles. The predicted octanol–water partition coefficient (Wildman–Crippen LogP) is -4.13. The number of carboxylic acid groups (broad SMARTS) is 1. The van der Waals surface area contributed by atoms with E-state index < -0.39 is 415 Å². The summed E-state index contributed by atoms with van der Waals surface area (Å²) in [5.41, 5.74) is -6.59. The molecule has 53 atom stereocenters. The Morgan fingerprint density at radius 2 is 1.05 bits per heavy atom. The lowest BCUT2D eigenvalue weighted by Gasteiger charge is -2.71. The molecule has 0 aromatic rings. The zero-order valence-electron chi connectivity index (χ0n) is 86.2. The van der Waals surface area contributed by atoms with Crippen LogP contribution in [0.4, 0.5) is 0 Å². The minimum Gasteiger partial charge on any atom is -0.503 e. The van der Waals surface area contributed by atoms with Crippen molar-refractivity contribution in [2.45, 2.75) is 457 Å². The van der Waals surface area contributed by atoms with Crippen LogP contribution in [0.2, 0.25) is 0 Å². The molecule has 149 heavy (non-hydrogen) atoms. The molecule has 24 N–H and O–H groups in total. The normalized spacial score (nSPS) is 47.6. The topological polar surface area (TPSA) is 755 Å². The fourth-order valence-corrected chi connectivity index (χ4v) is 25.8. The molecule has 0 bridgehead atoms. The third-order valence-corrected chi connectivity index (χ3v) is 35.7. The number of hydrogen-bond donors (Lipinski definition) is 24. The Hall–Kier alpha value is -5.05. The van der Waals surface area contributed by atoms with Gasteiger partial charge in [-0.2, -0.15) is 0 Å². The average molecular weight is 2150 g/mol. The van der Waals surface area contributed by atoms with E-state index in [4.69, 9.17) is 94.7 Å². The molecule has 0 amide bonds. The number of aliphatic hydroxyl groups is 23. The van der Waals surface area contributed by atoms with Crippen molar-refractivity contribution >= 4 is 30.2 Å². The quantitative estimate of drug-likeness (QED) is 0.00914. The molecule has 12 fully saturated rings. The molecule has 9 aliphatic heterocycles. The van der Waals surface area contributed by atoms with Gasteiger partial charge in [-0.3, -0.25) is 14.4 Å². The molecule has 49 nitrogen and oxygen atoms in total. The maximum Gasteiger partial charge on any atom is 0.335 e. The van der Waals surface area contributed by atoms with Gasteiger partial charge in [0.05, 0.1) is 112 Å². The van der Waals surface area contributed by atoms with E-state index in [1.165, 1.54) is 20.8 Å². The van der Waals surface area contributed by atoms with E-state index in [0.717, 1.165) is 11.9 Å². The van der Waals surface area contributed by atoms with Crippen molar-refractivity contribution < 1.29 is 241 Å². The molecule has 14 rings (SSSR count). The molecule has 0 aromatic carbocycles. The summed E-state index contributed by atoms with van der Waals surface area (Å²) in [6, 6.07) is 0. The van der Waals surface area contributed by atoms with E-state index in [1.54, 1.807) is 20.8 Å². The summed E-state index contributed by atoms with van der Waals surface area (Å²) in [5.74, 6) is -9.44. The van der Waals surface area contributed by atoms with Gasteiger partial charge in [-0.25, -0.2) is 4.79 Å². The van der Waals surface area contributed by atoms with Crippen LogP contribution in [0.1, 0.15) is 199 Å². The number of allylic oxidation sites excluding steroid dienone is 2. The highest BCUT2D eigenvalue weighted by Crippen LogP contribution is 2.76. The fraction of sp³-hybridized carbons (Fsp3) is 0.910. The first-order valence-electron chi connectivity index (χ1n) is 52.3. The molecule has 0 spiro atoms. The minimum atomic E-state index is -2.34. The molecule has 0 radical (unpaired) electrons. The Bertz CT molecular complexity index is 4510. The second-order valence-corrected chi connectivity index (χ2v) is 45.7. The van der Waals surface area contributed by atoms with Crippen LogP contribution in [0.15, 0.2) is 23.4 Å². The molecule has 9 heterocycles. The zero-order valence-corrected chi connectivity index (χ0v) is 86.2. The fourth-order valence-electron chi connectivity index (χ4n) is 25.8. The summed E-state index contributed by atoms with van der Waals surface area (Å²) in [4.78, 5) is 72.9. The van der Waals surface area contributed by atoms with E-state index in [2.05, 4.69) is 40.7 Å². The zero-order chi connectivity index (χ0) is 109. The number of ether oxygens (including phenoxy) is 20. The Balaban J connectivity index is 0.738. The van der Waals surface area contributed by atoms with E-state index >= 15 is 4.79 Å². The van der Waals surface area contributed by atoms with Crippen LogP contribution in [-0.4, -0.2) is 456 Å². The number of hydrogen-bond acceptors (Lipinski definition) is 48. The number of carboxylic acids is 1. The largest absolute Gasteiger partial charge is 0.503 e. The van der Waals surface area contributed by atoms with Crippen LogP contribution in [0.25, 0.3) is 0 Å². The summed E-state index contributed by atoms with van der Waals surface area (Å²) in [7, 11) is 0. The summed E-state index contributed by atoms with van der Waals surface area (Å²) in [6.45, 7) is 18.3. The number of esters is 3. The van der Waals surface area contributed by atoms with Gasteiger partial charge in [-0.05, 0) is 136 Å². The molecule has 854 valence electrons. The van der Waals surface area contributed by atoms with Gasteiger partial charge in [0, 0.05) is 25.2 Å². The third-order valence-electron chi connectivity index (χ3n) is 35.7. The Morgan fingerprint density at radius 1 is 0.510 bits per heavy atom. The van der Waals surface area contributed by atoms with Crippen molar-refractivity contribution in [3.05, 3.63) is 23.4 Å². The van der Waals surface area contributed by atoms with Crippen LogP contribution in [-0.2, 0) is 119 Å². The molecular weight excluding hydrogens is 1990 g/mol. The van der Waals surface area contributed by atoms with Crippen molar-refractivity contribution in [3.63, 3.8) is 0 Å². The van der Waals surface area contributed by atoms with Crippen molar-refractivity contribution in [2.75, 3.05) is 46.2 Å². The molecule has 0 aromatic heterocycles. The Labute approximate surface area is 862 Å². The van der Waals surface area contributed by atoms with Gasteiger partial charge >= 0.3 is 29.8 Å². The van der Waals surface area contributed by atoms with Crippen molar-refractivity contribution in [1.29, 1.82) is 0 Å². The number of aliphatic carboxylic acids is 1. The van der Waals surface area contributed by atoms with Gasteiger partial charge < -0.3 is 222 Å². The number of carbonyl (C=O) groups excluding carboxylic acids is 4. The van der Waals surface area contributed by atoms with E-state index in [1.807, 2.05) is 13.8 Å². The minimum absolute atomic E-state index is 0.0808. The maximum absolute atomic E-state index is 16.6. The molecule has 8 saturated heterocycles. The van der Waals surface area contributed by atoms with Crippen LogP contribution in [0, 0.1) is 68.0 Å². The van der Waals surface area contributed by atoms with Gasteiger partial charge in [-0.1, -0.05) is 93.7 Å². The van der Waals surface area contributed by atoms with Crippen molar-refractivity contribution in [3.8, 4) is 0 Å². The van der Waals surface area contributed by atoms with Crippen LogP contribution >= 0.6 is 0 Å². The van der Waals surface area contributed by atoms with Gasteiger partial charge in [0.1, 0.15) is 153 Å². The lowest BCUT2D eigenvalue weighted by molar-refractivity contribution is -0.393. The van der Waals surface area contributed by atoms with Crippen LogP contribution in [0.5, 0.6) is 0 Å². The van der Waals surface area contributed by atoms with Gasteiger partial charge in [0.2, 0.25) is 12.0 Å². The molecule has 14 aliphatic rings. The van der Waals surface area contributed by atoms with E-state index in [9.17, 15) is 142 Å². The average Bonchev–Trinajstić information content (AvgIpc) is 0.849. The summed E-state index contributed by atoms with van der Waals surface area (Å²) < 4.78 is 123. The first-order chi connectivity index (χ1) is 70.1. The van der Waals surface area contributed by atoms with Gasteiger partial charge in [0.25, 0.3) is 0 Å². The lowest BCUT2D eigenvalue weighted by Crippen LogP contribution is -2.69. The molecular formula is C100H160O49. The second-order valence-electron chi connectivity index (χ2n) is 45.7. The second kappa shape index (κ2) is 48.0. The number of fused-ring (bicyclic) bond motifs is 7. The number of aldehydes is 1. The number of rotatable bonds is 39. The maximum atomic E-state index is 16.6. The van der Waals surface area contributed by atoms with Crippen LogP contribution in [0.3, 0.4) is 0 Å². The highest BCUT2D eigenvalue weighted by molar-refractivity contribution is 5.79. The third kappa shape index (κ3) is 23.6. The van der Waals surface area contributed by atoms with Crippen molar-refractivity contribution in [2.24, 2.45) is 68.0 Å². The van der Waals surface area contributed by atoms with E-state index in [-0.39, 0.29) is 43.9 Å². The van der Waals surface area contributed by atoms with E-state index in [0.29, 0.717) is 57.8 Å². The first-order valence-corrected chi connectivity index (χ1v) is 52.3. The molecule has 4 saturated carbocycles. The highest BCUT2D eigenvalue weighted by atomic mass is 16.8. The predicted molar refractivity (Wildman–Crippen MR) is 497 cm³/mol. The standard InChI is InChI=1S/C100H160O49/c1-14-40(3)51(135-61(110)28-46(108)27-52(41(4)15-2)137-87-70(119)67(116)57(35-104)139-87)26-45(107)29-62(111)136-53-30-54(138-90-75(124)79(146-88-71(120)68(117)65(114)55(33-102)140-88)76(44(7)134-90)143-85-74(123)77(50(109)36-130-85)144-92-82(125)100(129,38-106)39-131-92)84(132-42(53)5)149-93(128)99-24-22-94(8,9)31-49(99)48-16-17-59-95(10)20-19-60(96(11,37-105)58(95)18-21-98(59,13)97(48,12)23-25-99)142-91-81(148-89-72(121)69(118)66(115)56(34-103)141-89)78(73(122)80(147-91)83(126)127)145-86-64(113)47(32-101)63(112)43(6)133-86/h16,37,40-47,49-60,63-81,84-91,101-104,106-109,112-125,129H,14-15,17-36,38-39H2,1-13H3,(H,126,127)/t40-,41-,42+,43-,44-,45-,46-,47+,49-,50+,51-,52-,53+,54+,55+,56+,57-,58+,59+,60-,63-,64+,65+,66-,67-,68-,69-,70+,71+,72+,73-,74+,75+,76-,77-,78-,79-,80-,81+,84-,85-,86-,87+,88-,89-,90-,91+,95-,96-,97+,98+,99-,100+/m0/s1.